The van der Waals surface area contributed by atoms with Crippen molar-refractivity contribution in [2.24, 2.45) is 0 Å². The quantitative estimate of drug-likeness (QED) is 0.891. The Hall–Kier alpha value is -2.38. The van der Waals surface area contributed by atoms with Crippen LogP contribution in [-0.2, 0) is 29.2 Å². The number of aromatic nitrogens is 2. The zero-order valence-electron chi connectivity index (χ0n) is 14.1. The summed E-state index contributed by atoms with van der Waals surface area (Å²) in [7, 11) is 0. The molecule has 7 heteroatoms. The van der Waals surface area contributed by atoms with Crippen LogP contribution in [0.2, 0.25) is 0 Å². The zero-order chi connectivity index (χ0) is 17.2. The summed E-state index contributed by atoms with van der Waals surface area (Å²) in [4.78, 5) is 12.6. The van der Waals surface area contributed by atoms with Gasteiger partial charge in [0.2, 0.25) is 0 Å². The van der Waals surface area contributed by atoms with E-state index in [0.717, 1.165) is 17.7 Å². The minimum absolute atomic E-state index is 0.122. The highest BCUT2D eigenvalue weighted by Gasteiger charge is 2.32. The number of hydrogen-bond donors (Lipinski definition) is 1. The second-order valence-electron chi connectivity index (χ2n) is 6.28. The predicted molar refractivity (Wildman–Crippen MR) is 89.3 cm³/mol. The molecule has 2 aliphatic rings. The lowest BCUT2D eigenvalue weighted by Crippen LogP contribution is -2.45. The topological polar surface area (TPSA) is 74.6 Å². The molecule has 4 rings (SSSR count). The van der Waals surface area contributed by atoms with Crippen molar-refractivity contribution in [2.45, 2.75) is 38.8 Å². The standard InChI is InChI=1S/C18H21N3O4/c1-2-21-7-15(6-19-21)25-17-11-24-10-16(17)20-18(22)12-3-4-13-8-23-9-14(13)5-12/h3-7,16-17H,2,8-11H2,1H3,(H,20,22)/t16-,17+/m0/s1. The van der Waals surface area contributed by atoms with Gasteiger partial charge in [0.25, 0.3) is 5.91 Å². The molecule has 132 valence electrons. The summed E-state index contributed by atoms with van der Waals surface area (Å²) in [6, 6.07) is 5.49. The molecule has 1 saturated heterocycles. The number of ether oxygens (including phenoxy) is 3. The van der Waals surface area contributed by atoms with Crippen molar-refractivity contribution in [1.82, 2.24) is 15.1 Å². The average molecular weight is 343 g/mol. The Labute approximate surface area is 145 Å². The smallest absolute Gasteiger partial charge is 0.251 e. The van der Waals surface area contributed by atoms with Crippen LogP contribution in [0.25, 0.3) is 0 Å². The molecule has 1 fully saturated rings. The zero-order valence-corrected chi connectivity index (χ0v) is 14.1. The molecular formula is C18H21N3O4. The molecule has 2 aliphatic heterocycles. The van der Waals surface area contributed by atoms with E-state index in [9.17, 15) is 4.79 Å². The van der Waals surface area contributed by atoms with Crippen LogP contribution in [0.3, 0.4) is 0 Å². The molecule has 0 saturated carbocycles. The van der Waals surface area contributed by atoms with Gasteiger partial charge < -0.3 is 19.5 Å². The molecule has 2 aromatic rings. The molecule has 0 spiro atoms. The Kier molecular flexibility index (Phi) is 4.42. The molecule has 3 heterocycles. The first-order valence-corrected chi connectivity index (χ1v) is 8.50. The van der Waals surface area contributed by atoms with Crippen molar-refractivity contribution >= 4 is 5.91 Å². The highest BCUT2D eigenvalue weighted by atomic mass is 16.5. The van der Waals surface area contributed by atoms with Crippen LogP contribution in [0.15, 0.2) is 30.6 Å². The normalized spacial score (nSPS) is 22.0. The van der Waals surface area contributed by atoms with Crippen LogP contribution >= 0.6 is 0 Å². The Balaban J connectivity index is 1.41. The molecule has 0 bridgehead atoms. The van der Waals surface area contributed by atoms with E-state index in [2.05, 4.69) is 10.4 Å². The number of hydrogen-bond acceptors (Lipinski definition) is 5. The Bertz CT molecular complexity index is 773. The predicted octanol–water partition coefficient (Wildman–Crippen LogP) is 1.51. The van der Waals surface area contributed by atoms with E-state index in [1.807, 2.05) is 31.3 Å². The van der Waals surface area contributed by atoms with Crippen LogP contribution in [0.5, 0.6) is 5.75 Å². The number of carbonyl (C=O) groups excluding carboxylic acids is 1. The number of rotatable bonds is 5. The van der Waals surface area contributed by atoms with Crippen molar-refractivity contribution < 1.29 is 19.0 Å². The van der Waals surface area contributed by atoms with E-state index < -0.39 is 0 Å². The van der Waals surface area contributed by atoms with Crippen molar-refractivity contribution in [3.63, 3.8) is 0 Å². The molecule has 0 unspecified atom stereocenters. The van der Waals surface area contributed by atoms with Gasteiger partial charge in [0.15, 0.2) is 5.75 Å². The molecule has 1 aromatic carbocycles. The Morgan fingerprint density at radius 3 is 3.04 bits per heavy atom. The summed E-state index contributed by atoms with van der Waals surface area (Å²) < 4.78 is 18.6. The number of fused-ring (bicyclic) bond motifs is 1. The number of carbonyl (C=O) groups is 1. The molecule has 7 nitrogen and oxygen atoms in total. The van der Waals surface area contributed by atoms with Gasteiger partial charge in [-0.25, -0.2) is 0 Å². The van der Waals surface area contributed by atoms with Gasteiger partial charge >= 0.3 is 0 Å². The second-order valence-corrected chi connectivity index (χ2v) is 6.28. The van der Waals surface area contributed by atoms with Gasteiger partial charge in [0, 0.05) is 12.1 Å². The van der Waals surface area contributed by atoms with Gasteiger partial charge in [-0.2, -0.15) is 5.10 Å². The molecular weight excluding hydrogens is 322 g/mol. The fraction of sp³-hybridized carbons (Fsp3) is 0.444. The monoisotopic (exact) mass is 343 g/mol. The maximum Gasteiger partial charge on any atom is 0.251 e. The van der Waals surface area contributed by atoms with Crippen molar-refractivity contribution in [3.05, 3.63) is 47.3 Å². The summed E-state index contributed by atoms with van der Waals surface area (Å²) in [6.07, 6.45) is 3.30. The summed E-state index contributed by atoms with van der Waals surface area (Å²) in [5.74, 6) is 0.564. The fourth-order valence-corrected chi connectivity index (χ4v) is 3.10. The molecule has 0 radical (unpaired) electrons. The number of amides is 1. The van der Waals surface area contributed by atoms with Crippen LogP contribution in [0.4, 0.5) is 0 Å². The second kappa shape index (κ2) is 6.85. The van der Waals surface area contributed by atoms with E-state index >= 15 is 0 Å². The van der Waals surface area contributed by atoms with E-state index in [4.69, 9.17) is 14.2 Å². The summed E-state index contributed by atoms with van der Waals surface area (Å²) in [5, 5.41) is 7.22. The van der Waals surface area contributed by atoms with Gasteiger partial charge in [-0.3, -0.25) is 9.48 Å². The van der Waals surface area contributed by atoms with E-state index in [1.54, 1.807) is 10.9 Å². The van der Waals surface area contributed by atoms with E-state index in [-0.39, 0.29) is 18.1 Å². The molecule has 25 heavy (non-hydrogen) atoms. The van der Waals surface area contributed by atoms with Crippen LogP contribution in [-0.4, -0.2) is 41.0 Å². The van der Waals surface area contributed by atoms with Gasteiger partial charge in [0.1, 0.15) is 6.10 Å². The van der Waals surface area contributed by atoms with Crippen molar-refractivity contribution in [1.29, 1.82) is 0 Å². The molecule has 2 atom stereocenters. The third-order valence-electron chi connectivity index (χ3n) is 4.55. The first-order chi connectivity index (χ1) is 12.2. The highest BCUT2D eigenvalue weighted by molar-refractivity contribution is 5.94. The van der Waals surface area contributed by atoms with Crippen LogP contribution in [0.1, 0.15) is 28.4 Å². The highest BCUT2D eigenvalue weighted by Crippen LogP contribution is 2.21. The number of nitrogens with one attached hydrogen (secondary N) is 1. The van der Waals surface area contributed by atoms with E-state index in [1.165, 1.54) is 0 Å². The van der Waals surface area contributed by atoms with Gasteiger partial charge in [-0.05, 0) is 30.2 Å². The SMILES string of the molecule is CCn1cc(O[C@@H]2COC[C@@H]2NC(=O)c2ccc3c(c2)COC3)cn1. The first-order valence-electron chi connectivity index (χ1n) is 8.50. The molecule has 1 aromatic heterocycles. The first kappa shape index (κ1) is 16.1. The van der Waals surface area contributed by atoms with Gasteiger partial charge in [-0.15, -0.1) is 0 Å². The average Bonchev–Trinajstić information content (AvgIpc) is 3.35. The van der Waals surface area contributed by atoms with Gasteiger partial charge in [0.05, 0.1) is 44.9 Å². The minimum Gasteiger partial charge on any atom is -0.482 e. The van der Waals surface area contributed by atoms with E-state index in [0.29, 0.717) is 37.7 Å². The third kappa shape index (κ3) is 3.38. The molecule has 1 amide bonds. The summed E-state index contributed by atoms with van der Waals surface area (Å²) in [6.45, 7) is 4.87. The van der Waals surface area contributed by atoms with Crippen LogP contribution < -0.4 is 10.1 Å². The third-order valence-corrected chi connectivity index (χ3v) is 4.55. The van der Waals surface area contributed by atoms with Crippen molar-refractivity contribution in [3.8, 4) is 5.75 Å². The van der Waals surface area contributed by atoms with Crippen molar-refractivity contribution in [2.75, 3.05) is 13.2 Å². The lowest BCUT2D eigenvalue weighted by molar-refractivity contribution is 0.0904. The maximum absolute atomic E-state index is 12.6. The summed E-state index contributed by atoms with van der Waals surface area (Å²) in [5.41, 5.74) is 2.86. The lowest BCUT2D eigenvalue weighted by Gasteiger charge is -2.19. The largest absolute Gasteiger partial charge is 0.482 e. The lowest BCUT2D eigenvalue weighted by atomic mass is 10.1. The van der Waals surface area contributed by atoms with Gasteiger partial charge in [-0.1, -0.05) is 6.07 Å². The number of aryl methyl sites for hydroxylation is 1. The number of benzene rings is 1. The molecule has 1 N–H and O–H groups in total. The number of nitrogens with zero attached hydrogens (tertiary/aromatic N) is 2. The Morgan fingerprint density at radius 1 is 1.32 bits per heavy atom. The maximum atomic E-state index is 12.6. The summed E-state index contributed by atoms with van der Waals surface area (Å²) >= 11 is 0. The Morgan fingerprint density at radius 2 is 2.20 bits per heavy atom. The minimum atomic E-state index is -0.226. The fourth-order valence-electron chi connectivity index (χ4n) is 3.10. The molecule has 0 aliphatic carbocycles. The van der Waals surface area contributed by atoms with Crippen LogP contribution in [0, 0.1) is 0 Å².